The minimum atomic E-state index is -0.426. The summed E-state index contributed by atoms with van der Waals surface area (Å²) in [5, 5.41) is 21.1. The molecule has 92 valence electrons. The molecule has 3 N–H and O–H groups in total. The summed E-state index contributed by atoms with van der Waals surface area (Å²) in [6.07, 6.45) is 2.64. The lowest BCUT2D eigenvalue weighted by Gasteiger charge is -2.07. The quantitative estimate of drug-likeness (QED) is 0.764. The summed E-state index contributed by atoms with van der Waals surface area (Å²) in [6, 6.07) is 8.28. The van der Waals surface area contributed by atoms with Crippen molar-refractivity contribution in [3.8, 4) is 5.75 Å². The molecule has 0 saturated heterocycles. The van der Waals surface area contributed by atoms with Gasteiger partial charge in [0.15, 0.2) is 0 Å². The first-order valence-electron chi connectivity index (χ1n) is 5.35. The molecule has 1 aromatic heterocycles. The molecule has 5 nitrogen and oxygen atoms in total. The Morgan fingerprint density at radius 1 is 1.33 bits per heavy atom. The number of anilines is 1. The minimum Gasteiger partial charge on any atom is -0.505 e. The van der Waals surface area contributed by atoms with Crippen LogP contribution in [0.15, 0.2) is 42.7 Å². The van der Waals surface area contributed by atoms with E-state index in [9.17, 15) is 9.90 Å². The predicted octanol–water partition coefficient (Wildman–Crippen LogP) is 1.53. The van der Waals surface area contributed by atoms with Crippen LogP contribution in [0.25, 0.3) is 0 Å². The molecule has 0 spiro atoms. The minimum absolute atomic E-state index is 0.0930. The number of aromatic hydroxyl groups is 1. The normalized spacial score (nSPS) is 10.1. The number of benzene rings is 1. The Kier molecular flexibility index (Phi) is 3.54. The Balaban J connectivity index is 2.19. The van der Waals surface area contributed by atoms with Gasteiger partial charge in [-0.25, -0.2) is 0 Å². The molecule has 0 unspecified atom stereocenters. The van der Waals surface area contributed by atoms with Crippen LogP contribution in [0.5, 0.6) is 5.75 Å². The molecule has 1 heterocycles. The second-order valence-electron chi connectivity index (χ2n) is 3.71. The summed E-state index contributed by atoms with van der Waals surface area (Å²) in [6.45, 7) is -0.0930. The molecule has 0 fully saturated rings. The van der Waals surface area contributed by atoms with Crippen molar-refractivity contribution in [1.82, 2.24) is 4.98 Å². The van der Waals surface area contributed by atoms with Gasteiger partial charge in [-0.15, -0.1) is 0 Å². The van der Waals surface area contributed by atoms with E-state index < -0.39 is 5.91 Å². The Morgan fingerprint density at radius 3 is 2.89 bits per heavy atom. The fourth-order valence-corrected chi connectivity index (χ4v) is 1.52. The smallest absolute Gasteiger partial charge is 0.259 e. The Morgan fingerprint density at radius 2 is 2.17 bits per heavy atom. The predicted molar refractivity (Wildman–Crippen MR) is 66.2 cm³/mol. The number of aromatic nitrogens is 1. The fraction of sp³-hybridized carbons (Fsp3) is 0.0769. The molecule has 0 radical (unpaired) electrons. The van der Waals surface area contributed by atoms with Gasteiger partial charge in [0.25, 0.3) is 5.91 Å². The van der Waals surface area contributed by atoms with Crippen molar-refractivity contribution in [2.45, 2.75) is 6.61 Å². The molecular formula is C13H12N2O3. The highest BCUT2D eigenvalue weighted by atomic mass is 16.3. The van der Waals surface area contributed by atoms with Crippen molar-refractivity contribution in [2.24, 2.45) is 0 Å². The van der Waals surface area contributed by atoms with Gasteiger partial charge in [-0.1, -0.05) is 12.1 Å². The van der Waals surface area contributed by atoms with Crippen molar-refractivity contribution in [3.63, 3.8) is 0 Å². The summed E-state index contributed by atoms with van der Waals surface area (Å²) < 4.78 is 0. The molecular weight excluding hydrogens is 232 g/mol. The van der Waals surface area contributed by atoms with Crippen LogP contribution in [0.3, 0.4) is 0 Å². The maximum atomic E-state index is 11.9. The van der Waals surface area contributed by atoms with Gasteiger partial charge in [0.05, 0.1) is 18.4 Å². The summed E-state index contributed by atoms with van der Waals surface area (Å²) in [4.78, 5) is 15.6. The van der Waals surface area contributed by atoms with Crippen LogP contribution >= 0.6 is 0 Å². The number of pyridine rings is 1. The zero-order valence-corrected chi connectivity index (χ0v) is 9.50. The van der Waals surface area contributed by atoms with E-state index in [2.05, 4.69) is 10.3 Å². The first-order chi connectivity index (χ1) is 8.70. The molecule has 2 rings (SSSR count). The molecule has 0 atom stereocenters. The standard InChI is InChI=1S/C13H12N2O3/c16-8-9-2-1-3-10(6-9)15-13(18)11-4-5-14-7-12(11)17/h1-7,16-17H,8H2,(H,15,18). The first-order valence-corrected chi connectivity index (χ1v) is 5.35. The van der Waals surface area contributed by atoms with E-state index in [1.807, 2.05) is 0 Å². The summed E-state index contributed by atoms with van der Waals surface area (Å²) in [5.41, 5.74) is 1.41. The molecule has 0 bridgehead atoms. The van der Waals surface area contributed by atoms with Crippen molar-refractivity contribution < 1.29 is 15.0 Å². The van der Waals surface area contributed by atoms with Gasteiger partial charge in [-0.2, -0.15) is 0 Å². The van der Waals surface area contributed by atoms with Crippen LogP contribution in [-0.4, -0.2) is 21.1 Å². The number of aliphatic hydroxyl groups is 1. The van der Waals surface area contributed by atoms with Gasteiger partial charge >= 0.3 is 0 Å². The number of carbonyl (C=O) groups excluding carboxylic acids is 1. The molecule has 5 heteroatoms. The van der Waals surface area contributed by atoms with Gasteiger partial charge < -0.3 is 15.5 Å². The third-order valence-electron chi connectivity index (χ3n) is 2.41. The summed E-state index contributed by atoms with van der Waals surface area (Å²) in [5.74, 6) is -0.599. The number of hydrogen-bond donors (Lipinski definition) is 3. The van der Waals surface area contributed by atoms with Crippen LogP contribution < -0.4 is 5.32 Å². The Labute approximate surface area is 104 Å². The van der Waals surface area contributed by atoms with E-state index in [1.54, 1.807) is 24.3 Å². The topological polar surface area (TPSA) is 82.5 Å². The third kappa shape index (κ3) is 2.64. The average Bonchev–Trinajstić information content (AvgIpc) is 2.39. The zero-order chi connectivity index (χ0) is 13.0. The summed E-state index contributed by atoms with van der Waals surface area (Å²) >= 11 is 0. The van der Waals surface area contributed by atoms with E-state index in [-0.39, 0.29) is 17.9 Å². The van der Waals surface area contributed by atoms with Crippen LogP contribution in [0.2, 0.25) is 0 Å². The van der Waals surface area contributed by atoms with Gasteiger partial charge in [0.1, 0.15) is 5.75 Å². The number of amides is 1. The second-order valence-corrected chi connectivity index (χ2v) is 3.71. The number of rotatable bonds is 3. The fourth-order valence-electron chi connectivity index (χ4n) is 1.52. The highest BCUT2D eigenvalue weighted by Crippen LogP contribution is 2.17. The van der Waals surface area contributed by atoms with Crippen LogP contribution in [0.1, 0.15) is 15.9 Å². The van der Waals surface area contributed by atoms with E-state index in [4.69, 9.17) is 5.11 Å². The zero-order valence-electron chi connectivity index (χ0n) is 9.50. The molecule has 1 aromatic carbocycles. The van der Waals surface area contributed by atoms with Gasteiger partial charge in [-0.3, -0.25) is 9.78 Å². The Bertz CT molecular complexity index is 570. The number of aliphatic hydroxyl groups excluding tert-OH is 1. The highest BCUT2D eigenvalue weighted by Gasteiger charge is 2.10. The Hall–Kier alpha value is -2.40. The van der Waals surface area contributed by atoms with Crippen molar-refractivity contribution in [1.29, 1.82) is 0 Å². The van der Waals surface area contributed by atoms with Crippen LogP contribution in [0, 0.1) is 0 Å². The van der Waals surface area contributed by atoms with Crippen molar-refractivity contribution in [2.75, 3.05) is 5.32 Å². The molecule has 18 heavy (non-hydrogen) atoms. The van der Waals surface area contributed by atoms with E-state index in [0.717, 1.165) is 0 Å². The maximum absolute atomic E-state index is 11.9. The number of hydrogen-bond acceptors (Lipinski definition) is 4. The first kappa shape index (κ1) is 12.1. The summed E-state index contributed by atoms with van der Waals surface area (Å²) in [7, 11) is 0. The number of nitrogens with zero attached hydrogens (tertiary/aromatic N) is 1. The van der Waals surface area contributed by atoms with E-state index in [0.29, 0.717) is 11.3 Å². The number of carbonyl (C=O) groups is 1. The largest absolute Gasteiger partial charge is 0.505 e. The lowest BCUT2D eigenvalue weighted by atomic mass is 10.2. The average molecular weight is 244 g/mol. The highest BCUT2D eigenvalue weighted by molar-refractivity contribution is 6.05. The SMILES string of the molecule is O=C(Nc1cccc(CO)c1)c1ccncc1O. The van der Waals surface area contributed by atoms with Crippen LogP contribution in [0.4, 0.5) is 5.69 Å². The molecule has 0 aliphatic rings. The van der Waals surface area contributed by atoms with E-state index in [1.165, 1.54) is 18.5 Å². The van der Waals surface area contributed by atoms with Gasteiger partial charge in [0, 0.05) is 11.9 Å². The molecule has 1 amide bonds. The molecule has 0 saturated carbocycles. The second kappa shape index (κ2) is 5.29. The van der Waals surface area contributed by atoms with Gasteiger partial charge in [0.2, 0.25) is 0 Å². The van der Waals surface area contributed by atoms with E-state index >= 15 is 0 Å². The molecule has 0 aliphatic heterocycles. The van der Waals surface area contributed by atoms with Crippen molar-refractivity contribution in [3.05, 3.63) is 53.9 Å². The lowest BCUT2D eigenvalue weighted by molar-refractivity contribution is 0.102. The number of nitrogens with one attached hydrogen (secondary N) is 1. The van der Waals surface area contributed by atoms with Gasteiger partial charge in [-0.05, 0) is 23.8 Å². The van der Waals surface area contributed by atoms with Crippen molar-refractivity contribution >= 4 is 11.6 Å². The third-order valence-corrected chi connectivity index (χ3v) is 2.41. The molecule has 2 aromatic rings. The maximum Gasteiger partial charge on any atom is 0.259 e. The lowest BCUT2D eigenvalue weighted by Crippen LogP contribution is -2.12. The monoisotopic (exact) mass is 244 g/mol. The van der Waals surface area contributed by atoms with Crippen LogP contribution in [-0.2, 0) is 6.61 Å². The molecule has 0 aliphatic carbocycles.